The van der Waals surface area contributed by atoms with Gasteiger partial charge in [-0.1, -0.05) is 0 Å². The molecule has 0 aliphatic heterocycles. The third-order valence-electron chi connectivity index (χ3n) is 2.25. The van der Waals surface area contributed by atoms with Crippen molar-refractivity contribution in [3.8, 4) is 5.75 Å². The summed E-state index contributed by atoms with van der Waals surface area (Å²) in [4.78, 5) is 0. The summed E-state index contributed by atoms with van der Waals surface area (Å²) < 4.78 is 12.8. The third-order valence-corrected chi connectivity index (χ3v) is 2.25. The number of benzene rings is 1. The van der Waals surface area contributed by atoms with E-state index in [1.165, 1.54) is 12.1 Å². The maximum atomic E-state index is 12.8. The Morgan fingerprint density at radius 1 is 1.33 bits per heavy atom. The Hall–Kier alpha value is -1.09. The molecule has 1 fully saturated rings. The molecule has 0 bridgehead atoms. The Balaban J connectivity index is 2.44. The van der Waals surface area contributed by atoms with E-state index in [1.807, 2.05) is 0 Å². The summed E-state index contributed by atoms with van der Waals surface area (Å²) in [7, 11) is 0. The lowest BCUT2D eigenvalue weighted by Gasteiger charge is -2.08. The molecule has 0 unspecified atom stereocenters. The SMILES string of the molecule is NC1(c2cc(O)cc(F)c2)CC1. The highest BCUT2D eigenvalue weighted by Gasteiger charge is 2.40. The van der Waals surface area contributed by atoms with Gasteiger partial charge in [-0.2, -0.15) is 0 Å². The van der Waals surface area contributed by atoms with E-state index in [0.717, 1.165) is 18.9 Å². The summed E-state index contributed by atoms with van der Waals surface area (Å²) in [5, 5.41) is 9.09. The molecular weight excluding hydrogens is 157 g/mol. The van der Waals surface area contributed by atoms with E-state index in [1.54, 1.807) is 0 Å². The van der Waals surface area contributed by atoms with Crippen molar-refractivity contribution in [2.45, 2.75) is 18.4 Å². The summed E-state index contributed by atoms with van der Waals surface area (Å²) in [5.41, 5.74) is 6.15. The number of hydrogen-bond donors (Lipinski definition) is 2. The van der Waals surface area contributed by atoms with Gasteiger partial charge in [-0.05, 0) is 30.5 Å². The summed E-state index contributed by atoms with van der Waals surface area (Å²) in [6.07, 6.45) is 1.74. The van der Waals surface area contributed by atoms with Crippen molar-refractivity contribution in [1.82, 2.24) is 0 Å². The second kappa shape index (κ2) is 2.20. The molecule has 0 spiro atoms. The zero-order valence-corrected chi connectivity index (χ0v) is 6.55. The van der Waals surface area contributed by atoms with Crippen LogP contribution in [0.15, 0.2) is 18.2 Å². The number of phenolic OH excluding ortho intramolecular Hbond substituents is 1. The first-order valence-electron chi connectivity index (χ1n) is 3.89. The first kappa shape index (κ1) is 7.55. The van der Waals surface area contributed by atoms with E-state index in [4.69, 9.17) is 10.8 Å². The Bertz CT molecular complexity index is 300. The predicted octanol–water partition coefficient (Wildman–Crippen LogP) is 1.48. The van der Waals surface area contributed by atoms with Gasteiger partial charge in [0.25, 0.3) is 0 Å². The van der Waals surface area contributed by atoms with Crippen LogP contribution in [0.3, 0.4) is 0 Å². The van der Waals surface area contributed by atoms with Crippen LogP contribution in [-0.4, -0.2) is 5.11 Å². The third kappa shape index (κ3) is 1.16. The molecule has 3 N–H and O–H groups in total. The standard InChI is InChI=1S/C9H10FNO/c10-7-3-6(4-8(12)5-7)9(11)1-2-9/h3-5,12H,1-2,11H2. The predicted molar refractivity (Wildman–Crippen MR) is 43.2 cm³/mol. The number of rotatable bonds is 1. The van der Waals surface area contributed by atoms with Gasteiger partial charge < -0.3 is 10.8 Å². The zero-order valence-electron chi connectivity index (χ0n) is 6.55. The van der Waals surface area contributed by atoms with Crippen LogP contribution in [0, 0.1) is 5.82 Å². The normalized spacial score (nSPS) is 19.2. The van der Waals surface area contributed by atoms with E-state index < -0.39 is 5.82 Å². The molecule has 2 nitrogen and oxygen atoms in total. The van der Waals surface area contributed by atoms with Crippen molar-refractivity contribution in [2.75, 3.05) is 0 Å². The van der Waals surface area contributed by atoms with Crippen LogP contribution in [-0.2, 0) is 5.54 Å². The number of aromatic hydroxyl groups is 1. The molecule has 1 aromatic rings. The average Bonchev–Trinajstić information content (AvgIpc) is 2.67. The minimum absolute atomic E-state index is 0.0540. The van der Waals surface area contributed by atoms with E-state index in [2.05, 4.69) is 0 Å². The minimum atomic E-state index is -0.429. The van der Waals surface area contributed by atoms with Crippen LogP contribution in [0.2, 0.25) is 0 Å². The van der Waals surface area contributed by atoms with Gasteiger partial charge >= 0.3 is 0 Å². The molecule has 2 rings (SSSR count). The molecule has 1 aliphatic rings. The lowest BCUT2D eigenvalue weighted by atomic mass is 10.1. The minimum Gasteiger partial charge on any atom is -0.508 e. The van der Waals surface area contributed by atoms with Crippen LogP contribution in [0.25, 0.3) is 0 Å². The Morgan fingerprint density at radius 2 is 2.00 bits per heavy atom. The molecular formula is C9H10FNO. The van der Waals surface area contributed by atoms with Gasteiger partial charge in [0.2, 0.25) is 0 Å². The van der Waals surface area contributed by atoms with Gasteiger partial charge in [-0.25, -0.2) is 4.39 Å². The largest absolute Gasteiger partial charge is 0.508 e. The highest BCUT2D eigenvalue weighted by Crippen LogP contribution is 2.43. The number of nitrogens with two attached hydrogens (primary N) is 1. The summed E-state index contributed by atoms with van der Waals surface area (Å²) in [6, 6.07) is 3.98. The molecule has 0 atom stereocenters. The number of phenols is 1. The van der Waals surface area contributed by atoms with Crippen molar-refractivity contribution < 1.29 is 9.50 Å². The smallest absolute Gasteiger partial charge is 0.127 e. The van der Waals surface area contributed by atoms with Crippen molar-refractivity contribution >= 4 is 0 Å². The fourth-order valence-electron chi connectivity index (χ4n) is 1.28. The second-order valence-electron chi connectivity index (χ2n) is 3.35. The summed E-state index contributed by atoms with van der Waals surface area (Å²) in [6.45, 7) is 0. The van der Waals surface area contributed by atoms with Crippen molar-refractivity contribution in [1.29, 1.82) is 0 Å². The van der Waals surface area contributed by atoms with Crippen LogP contribution >= 0.6 is 0 Å². The monoisotopic (exact) mass is 167 g/mol. The van der Waals surface area contributed by atoms with Crippen LogP contribution in [0.4, 0.5) is 4.39 Å². The molecule has 3 heteroatoms. The second-order valence-corrected chi connectivity index (χ2v) is 3.35. The fourth-order valence-corrected chi connectivity index (χ4v) is 1.28. The Morgan fingerprint density at radius 3 is 2.50 bits per heavy atom. The molecule has 0 radical (unpaired) electrons. The molecule has 0 saturated heterocycles. The molecule has 0 aromatic heterocycles. The van der Waals surface area contributed by atoms with E-state index >= 15 is 0 Å². The van der Waals surface area contributed by atoms with Gasteiger partial charge in [0, 0.05) is 11.6 Å². The van der Waals surface area contributed by atoms with Gasteiger partial charge in [-0.15, -0.1) is 0 Å². The Kier molecular flexibility index (Phi) is 1.38. The lowest BCUT2D eigenvalue weighted by molar-refractivity contribution is 0.466. The van der Waals surface area contributed by atoms with Crippen LogP contribution in [0.1, 0.15) is 18.4 Å². The fraction of sp³-hybridized carbons (Fsp3) is 0.333. The summed E-state index contributed by atoms with van der Waals surface area (Å²) in [5.74, 6) is -0.483. The highest BCUT2D eigenvalue weighted by atomic mass is 19.1. The Labute approximate surface area is 69.8 Å². The molecule has 0 heterocycles. The van der Waals surface area contributed by atoms with Crippen molar-refractivity contribution in [3.63, 3.8) is 0 Å². The van der Waals surface area contributed by atoms with Crippen molar-refractivity contribution in [3.05, 3.63) is 29.6 Å². The maximum absolute atomic E-state index is 12.8. The van der Waals surface area contributed by atoms with Crippen LogP contribution in [0.5, 0.6) is 5.75 Å². The maximum Gasteiger partial charge on any atom is 0.127 e. The number of halogens is 1. The average molecular weight is 167 g/mol. The van der Waals surface area contributed by atoms with Crippen molar-refractivity contribution in [2.24, 2.45) is 5.73 Å². The molecule has 12 heavy (non-hydrogen) atoms. The first-order valence-corrected chi connectivity index (χ1v) is 3.89. The highest BCUT2D eigenvalue weighted by molar-refractivity contribution is 5.36. The van der Waals surface area contributed by atoms with E-state index in [-0.39, 0.29) is 11.3 Å². The number of hydrogen-bond acceptors (Lipinski definition) is 2. The molecule has 1 aromatic carbocycles. The topological polar surface area (TPSA) is 46.2 Å². The molecule has 1 saturated carbocycles. The molecule has 64 valence electrons. The first-order chi connectivity index (χ1) is 5.60. The molecule has 1 aliphatic carbocycles. The zero-order chi connectivity index (χ0) is 8.77. The molecule has 0 amide bonds. The van der Waals surface area contributed by atoms with Gasteiger partial charge in [-0.3, -0.25) is 0 Å². The van der Waals surface area contributed by atoms with Crippen LogP contribution < -0.4 is 5.73 Å². The lowest BCUT2D eigenvalue weighted by Crippen LogP contribution is -2.18. The van der Waals surface area contributed by atoms with Gasteiger partial charge in [0.1, 0.15) is 11.6 Å². The summed E-state index contributed by atoms with van der Waals surface area (Å²) >= 11 is 0. The quantitative estimate of drug-likeness (QED) is 0.665. The van der Waals surface area contributed by atoms with Gasteiger partial charge in [0.05, 0.1) is 0 Å². The van der Waals surface area contributed by atoms with E-state index in [9.17, 15) is 4.39 Å². The van der Waals surface area contributed by atoms with E-state index in [0.29, 0.717) is 5.56 Å². The van der Waals surface area contributed by atoms with Gasteiger partial charge in [0.15, 0.2) is 0 Å².